The average molecular weight is 391 g/mol. The first-order chi connectivity index (χ1) is 12.7. The largest absolute Gasteiger partial charge is 0.392 e. The Morgan fingerprint density at radius 1 is 1.56 bits per heavy atom. The maximum Gasteiger partial charge on any atom is 0.261 e. The van der Waals surface area contributed by atoms with Crippen molar-refractivity contribution in [1.29, 1.82) is 0 Å². The van der Waals surface area contributed by atoms with Gasteiger partial charge in [-0.3, -0.25) is 9.36 Å². The van der Waals surface area contributed by atoms with Crippen molar-refractivity contribution in [3.8, 4) is 0 Å². The number of aryl methyl sites for hydroxylation is 1. The first-order valence-corrected chi connectivity index (χ1v) is 8.33. The van der Waals surface area contributed by atoms with Gasteiger partial charge in [0.2, 0.25) is 0 Å². The molecule has 0 spiro atoms. The Morgan fingerprint density at radius 3 is 3.08 bits per heavy atom. The minimum Gasteiger partial charge on any atom is -0.392 e. The van der Waals surface area contributed by atoms with Crippen LogP contribution in [0, 0.1) is 6.85 Å². The smallest absolute Gasteiger partial charge is 0.261 e. The zero-order valence-corrected chi connectivity index (χ0v) is 15.1. The van der Waals surface area contributed by atoms with Crippen LogP contribution in [0.25, 0.3) is 10.9 Å². The number of hydrogen-bond donors (Lipinski definition) is 3. The van der Waals surface area contributed by atoms with Crippen molar-refractivity contribution < 1.29 is 14.3 Å². The summed E-state index contributed by atoms with van der Waals surface area (Å²) in [5.74, 6) is 0. The van der Waals surface area contributed by atoms with E-state index in [0.717, 1.165) is 13.0 Å². The lowest BCUT2D eigenvalue weighted by atomic mass is 9.96. The molecule has 25 heavy (non-hydrogen) atoms. The van der Waals surface area contributed by atoms with Gasteiger partial charge in [-0.15, -0.1) is 12.4 Å². The van der Waals surface area contributed by atoms with Crippen molar-refractivity contribution in [2.24, 2.45) is 0 Å². The third-order valence-corrected chi connectivity index (χ3v) is 4.59. The number of nitrogens with zero attached hydrogens (tertiary/aromatic N) is 2. The third kappa shape index (κ3) is 4.51. The number of piperidine rings is 1. The number of nitrogens with one attached hydrogen (secondary N) is 1. The molecular weight excluding hydrogens is 365 g/mol. The van der Waals surface area contributed by atoms with Crippen LogP contribution >= 0.6 is 24.0 Å². The summed E-state index contributed by atoms with van der Waals surface area (Å²) in [5, 5.41) is 23.8. The van der Waals surface area contributed by atoms with Crippen LogP contribution in [-0.2, 0) is 6.54 Å². The fourth-order valence-corrected chi connectivity index (χ4v) is 3.36. The van der Waals surface area contributed by atoms with Crippen LogP contribution in [0.3, 0.4) is 0 Å². The van der Waals surface area contributed by atoms with Gasteiger partial charge in [0.25, 0.3) is 5.56 Å². The first-order valence-electron chi connectivity index (χ1n) is 9.45. The quantitative estimate of drug-likeness (QED) is 0.738. The van der Waals surface area contributed by atoms with E-state index in [2.05, 4.69) is 10.3 Å². The highest BCUT2D eigenvalue weighted by atomic mass is 35.5. The maximum atomic E-state index is 12.8. The summed E-state index contributed by atoms with van der Waals surface area (Å²) in [5.41, 5.74) is -0.465. The second kappa shape index (κ2) is 8.47. The van der Waals surface area contributed by atoms with E-state index in [0.29, 0.717) is 12.8 Å². The molecule has 3 N–H and O–H groups in total. The van der Waals surface area contributed by atoms with Crippen LogP contribution in [0.2, 0.25) is 5.02 Å². The first kappa shape index (κ1) is 16.0. The SMILES string of the molecule is Cl.[2H]C([2H])([2H])c1cc(Cl)cc2c(=O)n(C[C@@H](O)C[C@H]3NCCC[C@@H]3O)cnc12. The molecule has 1 aromatic carbocycles. The number of halogens is 2. The molecule has 1 aliphatic rings. The molecule has 3 atom stereocenters. The number of hydrogen-bond acceptors (Lipinski definition) is 5. The molecule has 138 valence electrons. The van der Waals surface area contributed by atoms with E-state index in [1.54, 1.807) is 0 Å². The van der Waals surface area contributed by atoms with Gasteiger partial charge in [0.05, 0.1) is 36.0 Å². The summed E-state index contributed by atoms with van der Waals surface area (Å²) in [4.78, 5) is 16.9. The van der Waals surface area contributed by atoms with Crippen LogP contribution in [0.1, 0.15) is 28.9 Å². The molecule has 1 fully saturated rings. The highest BCUT2D eigenvalue weighted by molar-refractivity contribution is 6.31. The standard InChI is InChI=1S/C17H22ClN3O3.ClH/c1-10-5-11(18)6-13-16(10)20-9-21(17(13)24)8-12(22)7-14-15(23)3-2-4-19-14;/h5-6,9,12,14-15,19,22-23H,2-4,7-8H2,1H3;1H/t12-,14+,15-;/m0./s1/i1D3;. The molecule has 6 nitrogen and oxygen atoms in total. The second-order valence-corrected chi connectivity index (χ2v) is 6.65. The molecule has 0 bridgehead atoms. The lowest BCUT2D eigenvalue weighted by molar-refractivity contribution is 0.0539. The van der Waals surface area contributed by atoms with E-state index in [9.17, 15) is 15.0 Å². The van der Waals surface area contributed by atoms with Gasteiger partial charge in [-0.05, 0) is 50.4 Å². The Morgan fingerprint density at radius 2 is 2.36 bits per heavy atom. The van der Waals surface area contributed by atoms with Crippen molar-refractivity contribution in [1.82, 2.24) is 14.9 Å². The predicted molar refractivity (Wildman–Crippen MR) is 101 cm³/mol. The van der Waals surface area contributed by atoms with Crippen LogP contribution < -0.4 is 10.9 Å². The van der Waals surface area contributed by atoms with Gasteiger partial charge in [-0.25, -0.2) is 4.98 Å². The van der Waals surface area contributed by atoms with Crippen molar-refractivity contribution in [2.75, 3.05) is 6.54 Å². The van der Waals surface area contributed by atoms with Gasteiger partial charge < -0.3 is 15.5 Å². The van der Waals surface area contributed by atoms with Crippen molar-refractivity contribution >= 4 is 34.9 Å². The minimum atomic E-state index is -2.45. The number of aromatic nitrogens is 2. The van der Waals surface area contributed by atoms with Gasteiger partial charge in [0.1, 0.15) is 0 Å². The number of aliphatic hydroxyl groups is 2. The normalized spacial score (nSPS) is 24.0. The molecular formula is C17H23Cl2N3O3. The molecule has 8 heteroatoms. The molecule has 2 heterocycles. The van der Waals surface area contributed by atoms with Gasteiger partial charge in [-0.1, -0.05) is 11.6 Å². The number of rotatable bonds is 4. The van der Waals surface area contributed by atoms with Gasteiger partial charge in [0.15, 0.2) is 0 Å². The Labute approximate surface area is 161 Å². The fraction of sp³-hybridized carbons (Fsp3) is 0.529. The molecule has 1 aliphatic heterocycles. The van der Waals surface area contributed by atoms with Gasteiger partial charge >= 0.3 is 0 Å². The number of benzene rings is 1. The molecule has 3 rings (SSSR count). The summed E-state index contributed by atoms with van der Waals surface area (Å²) in [7, 11) is 0. The van der Waals surface area contributed by atoms with Crippen molar-refractivity contribution in [3.05, 3.63) is 39.4 Å². The molecule has 0 unspecified atom stereocenters. The molecule has 1 aromatic heterocycles. The van der Waals surface area contributed by atoms with Crippen molar-refractivity contribution in [3.63, 3.8) is 0 Å². The summed E-state index contributed by atoms with van der Waals surface area (Å²) >= 11 is 5.99. The van der Waals surface area contributed by atoms with E-state index in [4.69, 9.17) is 15.7 Å². The third-order valence-electron chi connectivity index (χ3n) is 4.37. The molecule has 2 aromatic rings. The van der Waals surface area contributed by atoms with E-state index >= 15 is 0 Å². The molecule has 0 radical (unpaired) electrons. The van der Waals surface area contributed by atoms with Crippen LogP contribution in [0.15, 0.2) is 23.3 Å². The second-order valence-electron chi connectivity index (χ2n) is 6.21. The zero-order valence-electron chi connectivity index (χ0n) is 16.5. The lowest BCUT2D eigenvalue weighted by Gasteiger charge is -2.30. The Balaban J connectivity index is 0.00000280. The van der Waals surface area contributed by atoms with Crippen LogP contribution in [0.4, 0.5) is 0 Å². The molecule has 0 saturated carbocycles. The van der Waals surface area contributed by atoms with Crippen LogP contribution in [-0.4, -0.2) is 44.6 Å². The Hall–Kier alpha value is -1.18. The van der Waals surface area contributed by atoms with Gasteiger partial charge in [0, 0.05) is 15.2 Å². The predicted octanol–water partition coefficient (Wildman–Crippen LogP) is 1.64. The van der Waals surface area contributed by atoms with Crippen molar-refractivity contribution in [2.45, 2.75) is 50.9 Å². The highest BCUT2D eigenvalue weighted by Gasteiger charge is 2.25. The molecule has 1 saturated heterocycles. The number of aliphatic hydroxyl groups excluding tert-OH is 2. The monoisotopic (exact) mass is 390 g/mol. The topological polar surface area (TPSA) is 87.4 Å². The van der Waals surface area contributed by atoms with E-state index in [1.807, 2.05) is 0 Å². The highest BCUT2D eigenvalue weighted by Crippen LogP contribution is 2.19. The van der Waals surface area contributed by atoms with Crippen LogP contribution in [0.5, 0.6) is 0 Å². The lowest BCUT2D eigenvalue weighted by Crippen LogP contribution is -2.47. The van der Waals surface area contributed by atoms with E-state index < -0.39 is 24.6 Å². The van der Waals surface area contributed by atoms with Gasteiger partial charge in [-0.2, -0.15) is 0 Å². The number of fused-ring (bicyclic) bond motifs is 1. The Kier molecular flexibility index (Phi) is 5.43. The van der Waals surface area contributed by atoms with E-state index in [-0.39, 0.29) is 46.5 Å². The molecule has 0 amide bonds. The Bertz CT molecular complexity index is 892. The minimum absolute atomic E-state index is 0. The molecule has 0 aliphatic carbocycles. The summed E-state index contributed by atoms with van der Waals surface area (Å²) in [6.07, 6.45) is 1.70. The maximum absolute atomic E-state index is 12.8. The average Bonchev–Trinajstić information content (AvgIpc) is 2.58. The summed E-state index contributed by atoms with van der Waals surface area (Å²) in [6.45, 7) is -1.68. The summed E-state index contributed by atoms with van der Waals surface area (Å²) in [6, 6.07) is 2.45. The summed E-state index contributed by atoms with van der Waals surface area (Å²) < 4.78 is 24.1. The van der Waals surface area contributed by atoms with E-state index in [1.165, 1.54) is 23.0 Å². The fourth-order valence-electron chi connectivity index (χ4n) is 3.14. The zero-order chi connectivity index (χ0) is 19.8.